The molecule has 0 bridgehead atoms. The molecule has 3 rings (SSSR count). The van der Waals surface area contributed by atoms with Crippen molar-refractivity contribution in [2.24, 2.45) is 5.73 Å². The summed E-state index contributed by atoms with van der Waals surface area (Å²) in [7, 11) is 0. The minimum absolute atomic E-state index is 0.212. The van der Waals surface area contributed by atoms with Crippen LogP contribution in [0.4, 0.5) is 0 Å². The van der Waals surface area contributed by atoms with Gasteiger partial charge in [0.1, 0.15) is 0 Å². The van der Waals surface area contributed by atoms with Crippen molar-refractivity contribution in [1.82, 2.24) is 9.80 Å². The molecule has 0 radical (unpaired) electrons. The molecule has 1 unspecified atom stereocenters. The Morgan fingerprint density at radius 3 is 2.95 bits per heavy atom. The molecule has 4 heteroatoms. The van der Waals surface area contributed by atoms with Crippen molar-refractivity contribution < 1.29 is 0 Å². The number of hydrogen-bond donors (Lipinski definition) is 1. The molecule has 106 valence electrons. The molecule has 1 aromatic heterocycles. The maximum atomic E-state index is 6.19. The highest BCUT2D eigenvalue weighted by Gasteiger charge is 2.43. The van der Waals surface area contributed by atoms with Crippen LogP contribution >= 0.6 is 11.3 Å². The minimum Gasteiger partial charge on any atom is -0.329 e. The molecule has 0 spiro atoms. The van der Waals surface area contributed by atoms with Gasteiger partial charge in [0.05, 0.1) is 0 Å². The Morgan fingerprint density at radius 2 is 2.26 bits per heavy atom. The summed E-state index contributed by atoms with van der Waals surface area (Å²) in [5.41, 5.74) is 7.94. The van der Waals surface area contributed by atoms with Gasteiger partial charge in [0, 0.05) is 49.2 Å². The summed E-state index contributed by atoms with van der Waals surface area (Å²) in [4.78, 5) is 6.82. The summed E-state index contributed by atoms with van der Waals surface area (Å²) in [5.74, 6) is 0. The zero-order chi connectivity index (χ0) is 13.5. The molecule has 1 atom stereocenters. The lowest BCUT2D eigenvalue weighted by Gasteiger charge is -2.43. The zero-order valence-electron chi connectivity index (χ0n) is 12.1. The second-order valence-electron chi connectivity index (χ2n) is 6.28. The van der Waals surface area contributed by atoms with E-state index in [1.54, 1.807) is 4.88 Å². The maximum absolute atomic E-state index is 6.19. The van der Waals surface area contributed by atoms with Crippen LogP contribution in [0.15, 0.2) is 11.4 Å². The summed E-state index contributed by atoms with van der Waals surface area (Å²) in [6, 6.07) is 2.93. The van der Waals surface area contributed by atoms with Crippen LogP contribution in [0.25, 0.3) is 0 Å². The summed E-state index contributed by atoms with van der Waals surface area (Å²) in [6.07, 6.45) is 2.43. The van der Waals surface area contributed by atoms with Crippen molar-refractivity contribution in [3.05, 3.63) is 21.9 Å². The smallest absolute Gasteiger partial charge is 0.0474 e. The van der Waals surface area contributed by atoms with E-state index in [9.17, 15) is 0 Å². The van der Waals surface area contributed by atoms with Crippen LogP contribution in [-0.2, 0) is 13.0 Å². The topological polar surface area (TPSA) is 32.5 Å². The fraction of sp³-hybridized carbons (Fsp3) is 0.733. The van der Waals surface area contributed by atoms with Gasteiger partial charge in [-0.3, -0.25) is 9.80 Å². The molecule has 0 amide bonds. The third-order valence-corrected chi connectivity index (χ3v) is 5.97. The zero-order valence-corrected chi connectivity index (χ0v) is 12.9. The highest BCUT2D eigenvalue weighted by atomic mass is 32.1. The van der Waals surface area contributed by atoms with E-state index in [4.69, 9.17) is 5.73 Å². The van der Waals surface area contributed by atoms with Crippen molar-refractivity contribution in [3.63, 3.8) is 0 Å². The molecule has 0 saturated carbocycles. The lowest BCUT2D eigenvalue weighted by atomic mass is 9.93. The normalized spacial score (nSPS) is 29.1. The fourth-order valence-electron chi connectivity index (χ4n) is 3.54. The fourth-order valence-corrected chi connectivity index (χ4v) is 4.43. The summed E-state index contributed by atoms with van der Waals surface area (Å²) in [5, 5.41) is 2.23. The van der Waals surface area contributed by atoms with E-state index in [1.807, 2.05) is 11.3 Å². The highest BCUT2D eigenvalue weighted by molar-refractivity contribution is 7.10. The Hall–Kier alpha value is -0.420. The van der Waals surface area contributed by atoms with Crippen molar-refractivity contribution >= 4 is 11.3 Å². The maximum Gasteiger partial charge on any atom is 0.0474 e. The van der Waals surface area contributed by atoms with Crippen LogP contribution in [0.2, 0.25) is 0 Å². The van der Waals surface area contributed by atoms with Gasteiger partial charge in [0.25, 0.3) is 0 Å². The van der Waals surface area contributed by atoms with Crippen LogP contribution in [0.1, 0.15) is 30.7 Å². The molecule has 0 aliphatic carbocycles. The molecule has 0 aromatic carbocycles. The second kappa shape index (κ2) is 5.17. The van der Waals surface area contributed by atoms with Gasteiger partial charge in [-0.25, -0.2) is 0 Å². The van der Waals surface area contributed by atoms with E-state index in [1.165, 1.54) is 31.5 Å². The Labute approximate surface area is 120 Å². The number of likely N-dealkylation sites (tertiary alicyclic amines) is 1. The van der Waals surface area contributed by atoms with Crippen LogP contribution in [-0.4, -0.2) is 47.6 Å². The summed E-state index contributed by atoms with van der Waals surface area (Å²) >= 11 is 1.91. The number of thiophene rings is 1. The lowest BCUT2D eigenvalue weighted by molar-refractivity contribution is 0.0812. The van der Waals surface area contributed by atoms with Gasteiger partial charge in [-0.05, 0) is 43.7 Å². The third kappa shape index (κ3) is 2.35. The molecule has 19 heavy (non-hydrogen) atoms. The number of hydrogen-bond acceptors (Lipinski definition) is 4. The van der Waals surface area contributed by atoms with Crippen LogP contribution in [0.5, 0.6) is 0 Å². The monoisotopic (exact) mass is 279 g/mol. The van der Waals surface area contributed by atoms with Crippen LogP contribution in [0.3, 0.4) is 0 Å². The van der Waals surface area contributed by atoms with E-state index < -0.39 is 0 Å². The van der Waals surface area contributed by atoms with Crippen molar-refractivity contribution in [2.45, 2.75) is 44.8 Å². The predicted octanol–water partition coefficient (Wildman–Crippen LogP) is 1.92. The van der Waals surface area contributed by atoms with E-state index >= 15 is 0 Å². The molecule has 2 N–H and O–H groups in total. The van der Waals surface area contributed by atoms with Crippen molar-refractivity contribution in [3.8, 4) is 0 Å². The first-order valence-corrected chi connectivity index (χ1v) is 8.27. The molecule has 2 aliphatic rings. The average molecular weight is 279 g/mol. The first-order valence-electron chi connectivity index (χ1n) is 7.39. The first kappa shape index (κ1) is 13.6. The predicted molar refractivity (Wildman–Crippen MR) is 81.5 cm³/mol. The molecular weight excluding hydrogens is 254 g/mol. The molecule has 1 saturated heterocycles. The standard InChI is InChI=1S/C15H25N3S/c1-12(2)17-7-5-15(10-16,11-17)18-6-3-14-13(9-18)4-8-19-14/h4,8,12H,3,5-7,9-11,16H2,1-2H3. The van der Waals surface area contributed by atoms with E-state index in [-0.39, 0.29) is 5.54 Å². The number of nitrogens with two attached hydrogens (primary N) is 1. The quantitative estimate of drug-likeness (QED) is 0.917. The van der Waals surface area contributed by atoms with Crippen LogP contribution in [0, 0.1) is 0 Å². The SMILES string of the molecule is CC(C)N1CCC(CN)(N2CCc3sccc3C2)C1. The first-order chi connectivity index (χ1) is 9.14. The Kier molecular flexibility index (Phi) is 3.69. The largest absolute Gasteiger partial charge is 0.329 e. The second-order valence-corrected chi connectivity index (χ2v) is 7.28. The molecule has 1 aromatic rings. The lowest BCUT2D eigenvalue weighted by Crippen LogP contribution is -2.57. The Bertz CT molecular complexity index is 442. The average Bonchev–Trinajstić information content (AvgIpc) is 3.05. The third-order valence-electron chi connectivity index (χ3n) is 4.95. The molecule has 2 aliphatic heterocycles. The van der Waals surface area contributed by atoms with E-state index in [2.05, 4.69) is 35.1 Å². The highest BCUT2D eigenvalue weighted by Crippen LogP contribution is 2.34. The Morgan fingerprint density at radius 1 is 1.42 bits per heavy atom. The number of fused-ring (bicyclic) bond motifs is 1. The number of rotatable bonds is 3. The summed E-state index contributed by atoms with van der Waals surface area (Å²) in [6.45, 7) is 9.98. The van der Waals surface area contributed by atoms with Crippen molar-refractivity contribution in [1.29, 1.82) is 0 Å². The molecule has 3 heterocycles. The molecule has 3 nitrogen and oxygen atoms in total. The molecule has 1 fully saturated rings. The summed E-state index contributed by atoms with van der Waals surface area (Å²) < 4.78 is 0. The van der Waals surface area contributed by atoms with Gasteiger partial charge in [0.15, 0.2) is 0 Å². The van der Waals surface area contributed by atoms with Gasteiger partial charge < -0.3 is 5.73 Å². The molecular formula is C15H25N3S. The minimum atomic E-state index is 0.212. The van der Waals surface area contributed by atoms with Gasteiger partial charge in [-0.2, -0.15) is 0 Å². The number of nitrogens with zero attached hydrogens (tertiary/aromatic N) is 2. The Balaban J connectivity index is 1.77. The van der Waals surface area contributed by atoms with Gasteiger partial charge >= 0.3 is 0 Å². The van der Waals surface area contributed by atoms with Gasteiger partial charge in [-0.15, -0.1) is 11.3 Å². The van der Waals surface area contributed by atoms with E-state index in [0.717, 1.165) is 19.6 Å². The van der Waals surface area contributed by atoms with E-state index in [0.29, 0.717) is 6.04 Å². The van der Waals surface area contributed by atoms with Crippen molar-refractivity contribution in [2.75, 3.05) is 26.2 Å². The van der Waals surface area contributed by atoms with Crippen LogP contribution < -0.4 is 5.73 Å². The van der Waals surface area contributed by atoms with Gasteiger partial charge in [-0.1, -0.05) is 0 Å². The van der Waals surface area contributed by atoms with Gasteiger partial charge in [0.2, 0.25) is 0 Å².